The van der Waals surface area contributed by atoms with E-state index in [1.165, 1.54) is 49.9 Å². The zero-order chi connectivity index (χ0) is 20.5. The van der Waals surface area contributed by atoms with Gasteiger partial charge in [-0.2, -0.15) is 0 Å². The Morgan fingerprint density at radius 3 is 2.47 bits per heavy atom. The maximum atomic E-state index is 11.3. The molecule has 2 saturated heterocycles. The Bertz CT molecular complexity index is 688. The second-order valence-corrected chi connectivity index (χ2v) is 8.48. The third-order valence-corrected chi connectivity index (χ3v) is 6.17. The predicted octanol–water partition coefficient (Wildman–Crippen LogP) is 3.34. The highest BCUT2D eigenvalue weighted by molar-refractivity contribution is 14.0. The first-order valence-electron chi connectivity index (χ1n) is 11.2. The highest BCUT2D eigenvalue weighted by Gasteiger charge is 2.23. The number of hydrogen-bond donors (Lipinski definition) is 2. The Balaban J connectivity index is 0.00000320. The number of nitrogens with one attached hydrogen (secondary N) is 1. The van der Waals surface area contributed by atoms with Crippen LogP contribution in [-0.2, 0) is 17.9 Å². The fourth-order valence-corrected chi connectivity index (χ4v) is 4.63. The molecule has 0 aromatic heterocycles. The van der Waals surface area contributed by atoms with Crippen LogP contribution in [0.2, 0.25) is 0 Å². The Kier molecular flexibility index (Phi) is 10.9. The van der Waals surface area contributed by atoms with Gasteiger partial charge in [-0.25, -0.2) is 0 Å². The van der Waals surface area contributed by atoms with Crippen LogP contribution in [0, 0.1) is 5.92 Å². The topological polar surface area (TPSA) is 74.0 Å². The fourth-order valence-electron chi connectivity index (χ4n) is 4.63. The van der Waals surface area contributed by atoms with Crippen LogP contribution in [0.15, 0.2) is 29.3 Å². The molecule has 3 N–H and O–H groups in total. The normalized spacial score (nSPS) is 20.9. The molecule has 1 amide bonds. The lowest BCUT2D eigenvalue weighted by Crippen LogP contribution is -2.47. The van der Waals surface area contributed by atoms with Crippen molar-refractivity contribution in [1.29, 1.82) is 0 Å². The Morgan fingerprint density at radius 2 is 1.80 bits per heavy atom. The third-order valence-electron chi connectivity index (χ3n) is 6.17. The average Bonchev–Trinajstić information content (AvgIpc) is 2.98. The lowest BCUT2D eigenvalue weighted by atomic mass is 9.95. The molecule has 0 saturated carbocycles. The lowest BCUT2D eigenvalue weighted by Gasteiger charge is -2.34. The number of amides is 1. The van der Waals surface area contributed by atoms with Gasteiger partial charge in [0, 0.05) is 39.6 Å². The van der Waals surface area contributed by atoms with E-state index < -0.39 is 0 Å². The van der Waals surface area contributed by atoms with Crippen LogP contribution < -0.4 is 11.1 Å². The lowest BCUT2D eigenvalue weighted by molar-refractivity contribution is -0.119. The van der Waals surface area contributed by atoms with E-state index in [1.54, 1.807) is 0 Å². The number of guanidine groups is 1. The molecule has 0 bridgehead atoms. The number of halogens is 1. The van der Waals surface area contributed by atoms with Gasteiger partial charge in [0.25, 0.3) is 0 Å². The molecule has 0 spiro atoms. The van der Waals surface area contributed by atoms with Gasteiger partial charge in [0.15, 0.2) is 5.96 Å². The SMILES string of the molecule is CN=C(NCc1ccccc1CN1CCCCCC1)N1CCCC(CC(N)=O)C1.I. The van der Waals surface area contributed by atoms with Gasteiger partial charge in [-0.1, -0.05) is 37.1 Å². The number of carbonyl (C=O) groups excluding carboxylic acids is 1. The summed E-state index contributed by atoms with van der Waals surface area (Å²) in [6, 6.07) is 8.74. The molecular formula is C23H38IN5O. The number of piperidine rings is 1. The van der Waals surface area contributed by atoms with Crippen molar-refractivity contribution in [2.45, 2.75) is 58.0 Å². The van der Waals surface area contributed by atoms with Crippen LogP contribution in [0.1, 0.15) is 56.1 Å². The van der Waals surface area contributed by atoms with Gasteiger partial charge in [0.05, 0.1) is 0 Å². The van der Waals surface area contributed by atoms with E-state index in [4.69, 9.17) is 5.73 Å². The Labute approximate surface area is 198 Å². The molecule has 1 aromatic rings. The summed E-state index contributed by atoms with van der Waals surface area (Å²) in [4.78, 5) is 20.7. The first-order chi connectivity index (χ1) is 14.2. The van der Waals surface area contributed by atoms with Gasteiger partial charge in [-0.05, 0) is 55.8 Å². The Hall–Kier alpha value is -1.35. The summed E-state index contributed by atoms with van der Waals surface area (Å²) in [5.41, 5.74) is 8.15. The van der Waals surface area contributed by atoms with Gasteiger partial charge < -0.3 is 16.0 Å². The summed E-state index contributed by atoms with van der Waals surface area (Å²) in [5, 5.41) is 3.56. The maximum absolute atomic E-state index is 11.3. The van der Waals surface area contributed by atoms with Gasteiger partial charge in [0.2, 0.25) is 5.91 Å². The van der Waals surface area contributed by atoms with E-state index in [0.29, 0.717) is 12.3 Å². The fraction of sp³-hybridized carbons (Fsp3) is 0.652. The Morgan fingerprint density at radius 1 is 1.10 bits per heavy atom. The molecule has 1 atom stereocenters. The van der Waals surface area contributed by atoms with Crippen LogP contribution in [0.5, 0.6) is 0 Å². The predicted molar refractivity (Wildman–Crippen MR) is 134 cm³/mol. The van der Waals surface area contributed by atoms with E-state index in [-0.39, 0.29) is 29.9 Å². The molecule has 1 aromatic carbocycles. The van der Waals surface area contributed by atoms with Crippen LogP contribution in [0.3, 0.4) is 0 Å². The third kappa shape index (κ3) is 7.72. The van der Waals surface area contributed by atoms with E-state index in [1.807, 2.05) is 7.05 Å². The smallest absolute Gasteiger partial charge is 0.217 e. The van der Waals surface area contributed by atoms with Gasteiger partial charge in [-0.15, -0.1) is 24.0 Å². The maximum Gasteiger partial charge on any atom is 0.217 e. The summed E-state index contributed by atoms with van der Waals surface area (Å²) in [6.07, 6.45) is 7.96. The van der Waals surface area contributed by atoms with Crippen LogP contribution in [-0.4, -0.2) is 54.9 Å². The van der Waals surface area contributed by atoms with E-state index in [9.17, 15) is 4.79 Å². The molecule has 7 heteroatoms. The van der Waals surface area contributed by atoms with Crippen molar-refractivity contribution in [3.05, 3.63) is 35.4 Å². The van der Waals surface area contributed by atoms with Crippen molar-refractivity contribution in [2.24, 2.45) is 16.6 Å². The minimum Gasteiger partial charge on any atom is -0.370 e. The first kappa shape index (κ1) is 24.9. The van der Waals surface area contributed by atoms with Crippen molar-refractivity contribution >= 4 is 35.8 Å². The molecule has 1 unspecified atom stereocenters. The molecule has 2 aliphatic rings. The molecule has 3 rings (SSSR count). The number of nitrogens with zero attached hydrogens (tertiary/aromatic N) is 3. The quantitative estimate of drug-likeness (QED) is 0.338. The molecule has 2 heterocycles. The summed E-state index contributed by atoms with van der Waals surface area (Å²) >= 11 is 0. The number of aliphatic imine (C=N–C) groups is 1. The molecule has 0 radical (unpaired) electrons. The molecule has 2 fully saturated rings. The summed E-state index contributed by atoms with van der Waals surface area (Å²) in [5.74, 6) is 1.04. The van der Waals surface area contributed by atoms with E-state index in [2.05, 4.69) is 44.4 Å². The first-order valence-corrected chi connectivity index (χ1v) is 11.2. The highest BCUT2D eigenvalue weighted by atomic mass is 127. The van der Waals surface area contributed by atoms with Gasteiger partial charge in [-0.3, -0.25) is 14.7 Å². The second-order valence-electron chi connectivity index (χ2n) is 8.48. The zero-order valence-corrected chi connectivity index (χ0v) is 20.6. The van der Waals surface area contributed by atoms with Crippen molar-refractivity contribution in [1.82, 2.24) is 15.1 Å². The summed E-state index contributed by atoms with van der Waals surface area (Å²) in [6.45, 7) is 6.04. The zero-order valence-electron chi connectivity index (χ0n) is 18.3. The number of nitrogens with two attached hydrogens (primary N) is 1. The number of primary amides is 1. The molecule has 168 valence electrons. The number of rotatable bonds is 6. The molecule has 0 aliphatic carbocycles. The van der Waals surface area contributed by atoms with Crippen LogP contribution >= 0.6 is 24.0 Å². The van der Waals surface area contributed by atoms with E-state index >= 15 is 0 Å². The molecule has 6 nitrogen and oxygen atoms in total. The number of benzene rings is 1. The standard InChI is InChI=1S/C23H37N5O.HI/c1-25-23(28-14-8-9-19(17-28)15-22(24)29)26-16-20-10-4-5-11-21(20)18-27-12-6-2-3-7-13-27;/h4-5,10-11,19H,2-3,6-9,12-18H2,1H3,(H2,24,29)(H,25,26);1H. The van der Waals surface area contributed by atoms with E-state index in [0.717, 1.165) is 45.0 Å². The molecule has 2 aliphatic heterocycles. The number of hydrogen-bond acceptors (Lipinski definition) is 3. The van der Waals surface area contributed by atoms with Gasteiger partial charge >= 0.3 is 0 Å². The average molecular weight is 527 g/mol. The van der Waals surface area contributed by atoms with Gasteiger partial charge in [0.1, 0.15) is 0 Å². The molecular weight excluding hydrogens is 489 g/mol. The van der Waals surface area contributed by atoms with Crippen LogP contribution in [0.25, 0.3) is 0 Å². The summed E-state index contributed by atoms with van der Waals surface area (Å²) < 4.78 is 0. The van der Waals surface area contributed by atoms with Crippen molar-refractivity contribution in [3.63, 3.8) is 0 Å². The number of likely N-dealkylation sites (tertiary alicyclic amines) is 2. The largest absolute Gasteiger partial charge is 0.370 e. The summed E-state index contributed by atoms with van der Waals surface area (Å²) in [7, 11) is 1.84. The molecule has 30 heavy (non-hydrogen) atoms. The highest BCUT2D eigenvalue weighted by Crippen LogP contribution is 2.20. The minimum absolute atomic E-state index is 0. The number of carbonyl (C=O) groups is 1. The minimum atomic E-state index is -0.206. The van der Waals surface area contributed by atoms with Crippen LogP contribution in [0.4, 0.5) is 0 Å². The van der Waals surface area contributed by atoms with Crippen molar-refractivity contribution in [2.75, 3.05) is 33.2 Å². The van der Waals surface area contributed by atoms with Crippen molar-refractivity contribution < 1.29 is 4.79 Å². The van der Waals surface area contributed by atoms with Crippen molar-refractivity contribution in [3.8, 4) is 0 Å². The monoisotopic (exact) mass is 527 g/mol. The second kappa shape index (κ2) is 13.1.